The maximum absolute atomic E-state index is 12.7. The van der Waals surface area contributed by atoms with Crippen molar-refractivity contribution in [2.75, 3.05) is 7.05 Å². The lowest BCUT2D eigenvalue weighted by molar-refractivity contribution is -0.137. The van der Waals surface area contributed by atoms with Crippen molar-refractivity contribution >= 4 is 36.2 Å². The molecule has 9 nitrogen and oxygen atoms in total. The van der Waals surface area contributed by atoms with Gasteiger partial charge in [0.05, 0.1) is 18.9 Å². The number of nitrogen functional groups attached to an aromatic ring is 1. The fourth-order valence-corrected chi connectivity index (χ4v) is 4.09. The fraction of sp³-hybridized carbons (Fsp3) is 0.360. The van der Waals surface area contributed by atoms with Crippen LogP contribution in [0.1, 0.15) is 48.4 Å². The highest BCUT2D eigenvalue weighted by atomic mass is 35.5. The smallest absolute Gasteiger partial charge is 0.410 e. The van der Waals surface area contributed by atoms with Crippen LogP contribution < -0.4 is 11.1 Å². The van der Waals surface area contributed by atoms with Crippen molar-refractivity contribution in [3.63, 3.8) is 0 Å². The summed E-state index contributed by atoms with van der Waals surface area (Å²) in [5, 5.41) is 19.6. The number of nitrogens with zero attached hydrogens (tertiary/aromatic N) is 1. The number of aryl methyl sites for hydroxylation is 1. The van der Waals surface area contributed by atoms with Crippen molar-refractivity contribution in [3.05, 3.63) is 71.3 Å². The third-order valence-electron chi connectivity index (χ3n) is 5.94. The molecule has 1 aliphatic rings. The summed E-state index contributed by atoms with van der Waals surface area (Å²) in [4.78, 5) is 37.9. The monoisotopic (exact) mass is 502 g/mol. The number of aliphatic carboxylic acids is 1. The van der Waals surface area contributed by atoms with Gasteiger partial charge in [0.15, 0.2) is 0 Å². The Balaban J connectivity index is 0.00000432. The Kier molecular flexibility index (Phi) is 10.1. The highest BCUT2D eigenvalue weighted by molar-refractivity contribution is 5.94. The number of hydrogen-bond acceptors (Lipinski definition) is 5. The van der Waals surface area contributed by atoms with E-state index in [1.54, 1.807) is 31.3 Å². The minimum absolute atomic E-state index is 0. The number of amides is 2. The lowest BCUT2D eigenvalue weighted by atomic mass is 9.95. The minimum Gasteiger partial charge on any atom is -0.481 e. The molecule has 0 aromatic heterocycles. The molecular formula is C25H31ClN4O5. The number of carbonyl (C=O) groups excluding carboxylic acids is 2. The second-order valence-corrected chi connectivity index (χ2v) is 8.49. The molecule has 2 amide bonds. The summed E-state index contributed by atoms with van der Waals surface area (Å²) in [6.45, 7) is 0. The molecule has 1 fully saturated rings. The van der Waals surface area contributed by atoms with Crippen LogP contribution in [0.3, 0.4) is 0 Å². The van der Waals surface area contributed by atoms with Gasteiger partial charge in [-0.2, -0.15) is 0 Å². The molecule has 1 aliphatic heterocycles. The van der Waals surface area contributed by atoms with E-state index in [4.69, 9.17) is 15.9 Å². The summed E-state index contributed by atoms with van der Waals surface area (Å²) in [6, 6.07) is 15.9. The van der Waals surface area contributed by atoms with E-state index in [1.165, 1.54) is 4.90 Å². The van der Waals surface area contributed by atoms with E-state index in [2.05, 4.69) is 5.32 Å². The van der Waals surface area contributed by atoms with E-state index >= 15 is 0 Å². The number of amidine groups is 1. The molecule has 188 valence electrons. The van der Waals surface area contributed by atoms with Crippen molar-refractivity contribution < 1.29 is 24.2 Å². The Morgan fingerprint density at radius 3 is 2.46 bits per heavy atom. The minimum atomic E-state index is -0.988. The Bertz CT molecular complexity index is 1030. The molecule has 2 aromatic rings. The average molecular weight is 503 g/mol. The Hall–Kier alpha value is -3.59. The second-order valence-electron chi connectivity index (χ2n) is 8.49. The van der Waals surface area contributed by atoms with Crippen LogP contribution in [0.15, 0.2) is 54.6 Å². The van der Waals surface area contributed by atoms with Gasteiger partial charge in [0, 0.05) is 25.1 Å². The molecule has 35 heavy (non-hydrogen) atoms. The van der Waals surface area contributed by atoms with Gasteiger partial charge < -0.3 is 25.8 Å². The summed E-state index contributed by atoms with van der Waals surface area (Å²) in [6.07, 6.45) is 0.125. The fourth-order valence-electron chi connectivity index (χ4n) is 4.09. The first-order valence-corrected chi connectivity index (χ1v) is 11.2. The van der Waals surface area contributed by atoms with Gasteiger partial charge in [-0.3, -0.25) is 15.0 Å². The van der Waals surface area contributed by atoms with Crippen LogP contribution in [0.4, 0.5) is 4.79 Å². The molecule has 1 saturated heterocycles. The number of carboxylic acid groups (broad SMARTS) is 1. The number of rotatable bonds is 10. The number of hydrogen-bond donors (Lipinski definition) is 4. The van der Waals surface area contributed by atoms with Crippen molar-refractivity contribution in [2.45, 2.75) is 50.3 Å². The zero-order chi connectivity index (χ0) is 24.7. The van der Waals surface area contributed by atoms with Gasteiger partial charge in [0.25, 0.3) is 0 Å². The summed E-state index contributed by atoms with van der Waals surface area (Å²) in [5.41, 5.74) is 8.01. The van der Waals surface area contributed by atoms with E-state index < -0.39 is 24.2 Å². The molecule has 1 heterocycles. The van der Waals surface area contributed by atoms with E-state index in [9.17, 15) is 19.5 Å². The molecule has 0 bridgehead atoms. The number of ether oxygens (including phenoxy) is 1. The lowest BCUT2D eigenvalue weighted by Crippen LogP contribution is -2.45. The third kappa shape index (κ3) is 7.99. The molecule has 3 atom stereocenters. The molecule has 5 N–H and O–H groups in total. The maximum atomic E-state index is 12.7. The molecule has 0 spiro atoms. The molecule has 3 rings (SSSR count). The SMILES string of the molecule is CN1C(=O)O[C@@H](CC(=O)N[C@H](CCc2ccccc2)CC(=O)O)C[C@H]1c1ccc(C(=N)N)cc1.Cl. The van der Waals surface area contributed by atoms with Crippen LogP contribution >= 0.6 is 12.4 Å². The summed E-state index contributed by atoms with van der Waals surface area (Å²) < 4.78 is 5.43. The normalized spacial score (nSPS) is 18.1. The zero-order valence-electron chi connectivity index (χ0n) is 19.5. The molecule has 0 aliphatic carbocycles. The third-order valence-corrected chi connectivity index (χ3v) is 5.94. The van der Waals surface area contributed by atoms with Gasteiger partial charge in [-0.15, -0.1) is 12.4 Å². The van der Waals surface area contributed by atoms with Crippen LogP contribution in [0.5, 0.6) is 0 Å². The first kappa shape index (κ1) is 27.7. The number of nitrogens with one attached hydrogen (secondary N) is 2. The first-order chi connectivity index (χ1) is 16.2. The van der Waals surface area contributed by atoms with Crippen molar-refractivity contribution in [2.24, 2.45) is 5.73 Å². The summed E-state index contributed by atoms with van der Waals surface area (Å²) in [7, 11) is 1.63. The van der Waals surface area contributed by atoms with E-state index in [0.29, 0.717) is 24.8 Å². The van der Waals surface area contributed by atoms with Crippen LogP contribution in [0, 0.1) is 5.41 Å². The van der Waals surface area contributed by atoms with Gasteiger partial charge in [-0.05, 0) is 24.0 Å². The van der Waals surface area contributed by atoms with Gasteiger partial charge in [0.1, 0.15) is 11.9 Å². The molecule has 2 aromatic carbocycles. The number of carbonyl (C=O) groups is 3. The largest absolute Gasteiger partial charge is 0.481 e. The zero-order valence-corrected chi connectivity index (χ0v) is 20.3. The van der Waals surface area contributed by atoms with Gasteiger partial charge in [-0.25, -0.2) is 4.79 Å². The maximum Gasteiger partial charge on any atom is 0.410 e. The number of halogens is 1. The molecule has 0 saturated carbocycles. The second kappa shape index (κ2) is 12.8. The lowest BCUT2D eigenvalue weighted by Gasteiger charge is -2.37. The van der Waals surface area contributed by atoms with Crippen LogP contribution in [0.25, 0.3) is 0 Å². The number of benzene rings is 2. The first-order valence-electron chi connectivity index (χ1n) is 11.2. The predicted octanol–water partition coefficient (Wildman–Crippen LogP) is 3.26. The molecule has 0 radical (unpaired) electrons. The quantitative estimate of drug-likeness (QED) is 0.290. The topological polar surface area (TPSA) is 146 Å². The van der Waals surface area contributed by atoms with Crippen molar-refractivity contribution in [1.82, 2.24) is 10.2 Å². The molecule has 0 unspecified atom stereocenters. The van der Waals surface area contributed by atoms with Crippen molar-refractivity contribution in [1.29, 1.82) is 5.41 Å². The molecule has 10 heteroatoms. The van der Waals surface area contributed by atoms with Crippen LogP contribution in [-0.4, -0.2) is 53.0 Å². The number of carboxylic acids is 1. The van der Waals surface area contributed by atoms with Crippen LogP contribution in [-0.2, 0) is 20.7 Å². The van der Waals surface area contributed by atoms with Gasteiger partial charge in [-0.1, -0.05) is 54.6 Å². The molecular weight excluding hydrogens is 472 g/mol. The average Bonchev–Trinajstić information content (AvgIpc) is 2.80. The van der Waals surface area contributed by atoms with Gasteiger partial charge in [0.2, 0.25) is 5.91 Å². The van der Waals surface area contributed by atoms with E-state index in [-0.39, 0.29) is 43.0 Å². The highest BCUT2D eigenvalue weighted by Gasteiger charge is 2.35. The highest BCUT2D eigenvalue weighted by Crippen LogP contribution is 2.32. The summed E-state index contributed by atoms with van der Waals surface area (Å²) in [5.74, 6) is -1.38. The Morgan fingerprint density at radius 1 is 1.20 bits per heavy atom. The van der Waals surface area contributed by atoms with Crippen molar-refractivity contribution in [3.8, 4) is 0 Å². The number of cyclic esters (lactones) is 1. The Labute approximate surface area is 210 Å². The van der Waals surface area contributed by atoms with Gasteiger partial charge >= 0.3 is 12.1 Å². The standard InChI is InChI=1S/C25H30N4O5.ClH/c1-29-21(17-8-10-18(11-9-17)24(26)27)14-20(34-25(29)33)15-22(30)28-19(13-23(31)32)12-7-16-5-3-2-4-6-16;/h2-6,8-11,19-21H,7,12-15H2,1H3,(H3,26,27)(H,28,30)(H,31,32);1H/t19-,20-,21+;/m1./s1. The summed E-state index contributed by atoms with van der Waals surface area (Å²) >= 11 is 0. The number of nitrogens with two attached hydrogens (primary N) is 1. The Morgan fingerprint density at radius 2 is 1.86 bits per heavy atom. The predicted molar refractivity (Wildman–Crippen MR) is 134 cm³/mol. The van der Waals surface area contributed by atoms with Crippen LogP contribution in [0.2, 0.25) is 0 Å². The van der Waals surface area contributed by atoms with E-state index in [1.807, 2.05) is 30.3 Å². The van der Waals surface area contributed by atoms with E-state index in [0.717, 1.165) is 11.1 Å².